The number of Topliss-reactive ketones (excluding diaryl/α,β-unsaturated/α-hetero) is 3. The quantitative estimate of drug-likeness (QED) is 0.0318. The summed E-state index contributed by atoms with van der Waals surface area (Å²) in [5.41, 5.74) is 7.41. The number of unbranched alkanes of at least 4 members (excludes halogenated alkanes) is 3. The maximum atomic E-state index is 13.3. The first-order valence-electron chi connectivity index (χ1n) is 37.6. The SMILES string of the molecule is CCCCC(CC(=O)c1cnc(Br)s1)Cc1c[nH]c2ccccc12.CCCCC(CC(=O)c1cnc(N2CCN(c3cccnn3)CC2)s1)Cc1c[nH]c2ccccc12.CCCCC(CC(=O)c1cnc(N2CCN(c3cccnn3)CC2)s1)Cc1c[nH]c2ccccc12.c1cnnc(N2CCNCC2)c1. The number of ketones is 3. The Morgan fingerprint density at radius 2 is 0.745 bits per heavy atom. The van der Waals surface area contributed by atoms with E-state index >= 15 is 0 Å². The maximum absolute atomic E-state index is 13.3. The predicted octanol–water partition coefficient (Wildman–Crippen LogP) is 16.6. The number of aromatic nitrogens is 12. The molecule has 0 amide bonds. The normalized spacial score (nSPS) is 14.8. The molecule has 9 aromatic heterocycles. The highest BCUT2D eigenvalue weighted by molar-refractivity contribution is 9.11. The highest BCUT2D eigenvalue weighted by Gasteiger charge is 2.27. The van der Waals surface area contributed by atoms with Crippen LogP contribution in [-0.4, -0.2) is 156 Å². The van der Waals surface area contributed by atoms with E-state index < -0.39 is 0 Å². The van der Waals surface area contributed by atoms with Gasteiger partial charge >= 0.3 is 0 Å². The van der Waals surface area contributed by atoms with Crippen molar-refractivity contribution < 1.29 is 14.4 Å². The van der Waals surface area contributed by atoms with E-state index in [-0.39, 0.29) is 17.3 Å². The van der Waals surface area contributed by atoms with Crippen molar-refractivity contribution in [2.24, 2.45) is 17.8 Å². The Hall–Kier alpha value is -9.14. The lowest BCUT2D eigenvalue weighted by atomic mass is 9.89. The molecule has 0 spiro atoms. The van der Waals surface area contributed by atoms with Crippen LogP contribution in [0.1, 0.15) is 144 Å². The van der Waals surface area contributed by atoms with Crippen LogP contribution in [0.5, 0.6) is 0 Å². The Kier molecular flexibility index (Phi) is 28.5. The molecule has 12 heterocycles. The molecule has 0 radical (unpaired) electrons. The Labute approximate surface area is 641 Å². The van der Waals surface area contributed by atoms with E-state index in [0.717, 1.165) is 213 Å². The van der Waals surface area contributed by atoms with Crippen molar-refractivity contribution in [1.29, 1.82) is 0 Å². The van der Waals surface area contributed by atoms with E-state index in [1.165, 1.54) is 72.4 Å². The molecule has 21 nitrogen and oxygen atoms in total. The molecule has 3 fully saturated rings. The second kappa shape index (κ2) is 39.5. The lowest BCUT2D eigenvalue weighted by molar-refractivity contribution is 0.0953. The van der Waals surface area contributed by atoms with Gasteiger partial charge in [-0.1, -0.05) is 137 Å². The number of carbonyl (C=O) groups excluding carboxylic acids is 3. The van der Waals surface area contributed by atoms with Crippen LogP contribution in [0.4, 0.5) is 27.7 Å². The summed E-state index contributed by atoms with van der Waals surface area (Å²) in [6.45, 7) is 17.7. The van der Waals surface area contributed by atoms with Crippen LogP contribution in [0, 0.1) is 17.8 Å². The maximum Gasteiger partial charge on any atom is 0.186 e. The standard InChI is InChI=1S/2C27H32N6OS.C19H21BrN2OS.C8H12N4/c2*1-2-3-7-20(16-21-18-28-23-9-5-4-8-22(21)23)17-24(34)25-19-29-27(35-25)33-14-12-32(13-15-33)26-10-6-11-30-31-26;1-2-3-6-13(10-17(23)18-12-22-19(20)24-18)9-14-11-21-16-8-5-4-7-15(14)16;1-2-8(11-10-3-1)12-6-4-9-5-7-12/h2*4-6,8-11,18-20,28H,2-3,7,12-17H2,1H3;4-5,7-8,11-13,21H,2-3,6,9-10H2,1H3;1-3,9H,4-7H2. The molecule has 3 aromatic carbocycles. The molecule has 3 aliphatic rings. The van der Waals surface area contributed by atoms with Gasteiger partial charge < -0.3 is 44.8 Å². The number of benzene rings is 3. The van der Waals surface area contributed by atoms with Gasteiger partial charge in [0.25, 0.3) is 0 Å². The molecule has 3 saturated heterocycles. The van der Waals surface area contributed by atoms with E-state index in [0.29, 0.717) is 37.0 Å². The number of halogens is 1. The Balaban J connectivity index is 0.000000140. The number of nitrogens with one attached hydrogen (secondary N) is 4. The number of aromatic amines is 3. The zero-order chi connectivity index (χ0) is 73.2. The molecule has 0 bridgehead atoms. The van der Waals surface area contributed by atoms with Crippen LogP contribution in [0.2, 0.25) is 0 Å². The number of rotatable bonds is 29. The number of nitrogens with zero attached hydrogens (tertiary/aromatic N) is 14. The highest BCUT2D eigenvalue weighted by atomic mass is 79.9. The fourth-order valence-electron chi connectivity index (χ4n) is 14.2. The number of anilines is 5. The van der Waals surface area contributed by atoms with Crippen molar-refractivity contribution in [3.63, 3.8) is 0 Å². The lowest BCUT2D eigenvalue weighted by Crippen LogP contribution is -2.46. The van der Waals surface area contributed by atoms with Crippen molar-refractivity contribution in [1.82, 2.24) is 65.8 Å². The molecule has 12 aromatic rings. The zero-order valence-corrected chi connectivity index (χ0v) is 65.0. The number of H-pyrrole nitrogens is 3. The van der Waals surface area contributed by atoms with Crippen LogP contribution in [0.25, 0.3) is 32.7 Å². The van der Waals surface area contributed by atoms with Gasteiger partial charge in [0.1, 0.15) is 0 Å². The molecule has 3 atom stereocenters. The first kappa shape index (κ1) is 76.5. The summed E-state index contributed by atoms with van der Waals surface area (Å²) in [6, 6.07) is 36.9. The minimum Gasteiger partial charge on any atom is -0.361 e. The lowest BCUT2D eigenvalue weighted by Gasteiger charge is -2.34. The third kappa shape index (κ3) is 21.3. The number of para-hydroxylation sites is 3. The fraction of sp³-hybridized carbons (Fsp3) is 0.407. The second-order valence-corrected chi connectivity index (χ2v) is 31.8. The second-order valence-electron chi connectivity index (χ2n) is 27.5. The first-order chi connectivity index (χ1) is 52.1. The number of hydrogen-bond acceptors (Lipinski definition) is 21. The van der Waals surface area contributed by atoms with Gasteiger partial charge in [0, 0.05) is 168 Å². The van der Waals surface area contributed by atoms with E-state index in [1.807, 2.05) is 42.5 Å². The molecule has 554 valence electrons. The summed E-state index contributed by atoms with van der Waals surface area (Å²) in [5.74, 6) is 4.49. The van der Waals surface area contributed by atoms with Gasteiger partial charge in [0.15, 0.2) is 49.0 Å². The molecule has 3 unspecified atom stereocenters. The van der Waals surface area contributed by atoms with Gasteiger partial charge in [-0.3, -0.25) is 14.4 Å². The smallest absolute Gasteiger partial charge is 0.186 e. The van der Waals surface area contributed by atoms with Crippen LogP contribution in [-0.2, 0) is 19.3 Å². The summed E-state index contributed by atoms with van der Waals surface area (Å²) < 4.78 is 0.771. The first-order valence-corrected chi connectivity index (χ1v) is 40.9. The third-order valence-electron chi connectivity index (χ3n) is 20.0. The highest BCUT2D eigenvalue weighted by Crippen LogP contribution is 2.34. The molecular formula is C81H97BrN18O3S3. The van der Waals surface area contributed by atoms with Gasteiger partial charge in [0.2, 0.25) is 0 Å². The largest absolute Gasteiger partial charge is 0.361 e. The van der Waals surface area contributed by atoms with Gasteiger partial charge in [-0.25, -0.2) is 15.0 Å². The summed E-state index contributed by atoms with van der Waals surface area (Å²) >= 11 is 7.82. The van der Waals surface area contributed by atoms with E-state index in [1.54, 1.807) is 37.2 Å². The van der Waals surface area contributed by atoms with Crippen molar-refractivity contribution >= 4 is 128 Å². The number of thiazole rings is 3. The van der Waals surface area contributed by atoms with Gasteiger partial charge in [-0.2, -0.15) is 15.3 Å². The molecule has 3 aliphatic heterocycles. The minimum absolute atomic E-state index is 0.208. The summed E-state index contributed by atoms with van der Waals surface area (Å²) in [4.78, 5) is 76.1. The summed E-state index contributed by atoms with van der Waals surface area (Å²) in [6.07, 6.45) is 31.3. The molecular weight excluding hydrogens is 1450 g/mol. The van der Waals surface area contributed by atoms with Gasteiger partial charge in [0.05, 0.1) is 33.2 Å². The summed E-state index contributed by atoms with van der Waals surface area (Å²) in [5, 5.41) is 33.3. The van der Waals surface area contributed by atoms with E-state index in [9.17, 15) is 14.4 Å². The fourth-order valence-corrected chi connectivity index (χ4v) is 17.3. The Morgan fingerprint density at radius 3 is 1.08 bits per heavy atom. The number of piperazine rings is 3. The van der Waals surface area contributed by atoms with E-state index in [2.05, 4.69) is 212 Å². The van der Waals surface area contributed by atoms with Crippen LogP contribution < -0.4 is 29.8 Å². The molecule has 0 saturated carbocycles. The third-order valence-corrected chi connectivity index (χ3v) is 23.7. The van der Waals surface area contributed by atoms with Gasteiger partial charge in [-0.15, -0.1) is 26.6 Å². The molecule has 25 heteroatoms. The molecule has 15 rings (SSSR count). The van der Waals surface area contributed by atoms with Crippen molar-refractivity contribution in [3.05, 3.63) is 200 Å². The average Bonchev–Trinajstić information content (AvgIpc) is 1.69. The van der Waals surface area contributed by atoms with Crippen molar-refractivity contribution in [3.8, 4) is 0 Å². The topological polar surface area (TPSA) is 243 Å². The van der Waals surface area contributed by atoms with Gasteiger partial charge in [-0.05, 0) is 143 Å². The minimum atomic E-state index is 0.208. The van der Waals surface area contributed by atoms with Crippen molar-refractivity contribution in [2.45, 2.75) is 117 Å². The Morgan fingerprint density at radius 1 is 0.415 bits per heavy atom. The van der Waals surface area contributed by atoms with E-state index in [4.69, 9.17) is 0 Å². The number of fused-ring (bicyclic) bond motifs is 3. The predicted molar refractivity (Wildman–Crippen MR) is 436 cm³/mol. The average molecular weight is 1550 g/mol. The Bertz CT molecular complexity index is 4440. The number of carbonyl (C=O) groups is 3. The van der Waals surface area contributed by atoms with Crippen molar-refractivity contribution in [2.75, 3.05) is 103 Å². The molecule has 106 heavy (non-hydrogen) atoms. The number of hydrogen-bond donors (Lipinski definition) is 4. The molecule has 0 aliphatic carbocycles. The molecule has 4 N–H and O–H groups in total. The zero-order valence-electron chi connectivity index (χ0n) is 61.0. The van der Waals surface area contributed by atoms with Crippen LogP contribution in [0.15, 0.2) is 169 Å². The monoisotopic (exact) mass is 1540 g/mol. The van der Waals surface area contributed by atoms with Crippen LogP contribution >= 0.6 is 49.9 Å². The van der Waals surface area contributed by atoms with Crippen LogP contribution in [0.3, 0.4) is 0 Å². The summed E-state index contributed by atoms with van der Waals surface area (Å²) in [7, 11) is 0.